The largest absolute Gasteiger partial charge is 0.321 e. The zero-order chi connectivity index (χ0) is 10.9. The highest BCUT2D eigenvalue weighted by atomic mass is 14.8. The normalized spacial score (nSPS) is 19.7. The van der Waals surface area contributed by atoms with Crippen LogP contribution >= 0.6 is 0 Å². The maximum atomic E-state index is 6.48. The number of hydrogen-bond donors (Lipinski definition) is 1. The summed E-state index contributed by atoms with van der Waals surface area (Å²) < 4.78 is 0. The minimum absolute atomic E-state index is 0.103. The van der Waals surface area contributed by atoms with Crippen molar-refractivity contribution in [1.29, 1.82) is 0 Å². The van der Waals surface area contributed by atoms with Crippen LogP contribution in [0.5, 0.6) is 0 Å². The van der Waals surface area contributed by atoms with Crippen LogP contribution in [-0.4, -0.2) is 4.98 Å². The molecule has 0 aliphatic heterocycles. The maximum absolute atomic E-state index is 6.48. The lowest BCUT2D eigenvalue weighted by molar-refractivity contribution is 0.453. The molecule has 0 amide bonds. The topological polar surface area (TPSA) is 38.9 Å². The minimum Gasteiger partial charge on any atom is -0.321 e. The molecule has 15 heavy (non-hydrogen) atoms. The molecule has 1 aromatic heterocycles. The molecule has 0 aromatic carbocycles. The zero-order valence-electron chi connectivity index (χ0n) is 9.66. The Morgan fingerprint density at radius 1 is 1.33 bits per heavy atom. The number of aromatic nitrogens is 1. The second-order valence-electron chi connectivity index (χ2n) is 4.98. The van der Waals surface area contributed by atoms with Crippen molar-refractivity contribution in [2.24, 2.45) is 5.73 Å². The van der Waals surface area contributed by atoms with Crippen molar-refractivity contribution in [3.63, 3.8) is 0 Å². The summed E-state index contributed by atoms with van der Waals surface area (Å²) >= 11 is 0. The molecule has 0 unspecified atom stereocenters. The standard InChI is InChI=1S/C13H20N2/c1-10(2)11-5-8-15-9-12(11)13(14)6-3-4-7-13/h5,8-10H,3-4,6-7,14H2,1-2H3. The van der Waals surface area contributed by atoms with Crippen LogP contribution in [0.1, 0.15) is 56.6 Å². The Morgan fingerprint density at radius 2 is 2.00 bits per heavy atom. The van der Waals surface area contributed by atoms with Gasteiger partial charge in [0.05, 0.1) is 0 Å². The van der Waals surface area contributed by atoms with Gasteiger partial charge in [-0.2, -0.15) is 0 Å². The number of pyridine rings is 1. The van der Waals surface area contributed by atoms with Crippen LogP contribution in [0.25, 0.3) is 0 Å². The van der Waals surface area contributed by atoms with Crippen molar-refractivity contribution < 1.29 is 0 Å². The van der Waals surface area contributed by atoms with Crippen molar-refractivity contribution in [3.05, 3.63) is 29.6 Å². The van der Waals surface area contributed by atoms with Crippen LogP contribution in [0.4, 0.5) is 0 Å². The molecule has 1 aliphatic carbocycles. The molecule has 0 atom stereocenters. The maximum Gasteiger partial charge on any atom is 0.0427 e. The number of hydrogen-bond acceptors (Lipinski definition) is 2. The van der Waals surface area contributed by atoms with Crippen molar-refractivity contribution in [1.82, 2.24) is 4.98 Å². The molecule has 2 nitrogen and oxygen atoms in total. The van der Waals surface area contributed by atoms with Gasteiger partial charge in [0.1, 0.15) is 0 Å². The number of nitrogens with two attached hydrogens (primary N) is 1. The lowest BCUT2D eigenvalue weighted by Gasteiger charge is -2.27. The van der Waals surface area contributed by atoms with Gasteiger partial charge in [0.15, 0.2) is 0 Å². The molecule has 2 heteroatoms. The van der Waals surface area contributed by atoms with E-state index in [0.29, 0.717) is 5.92 Å². The fraction of sp³-hybridized carbons (Fsp3) is 0.615. The monoisotopic (exact) mass is 204 g/mol. The van der Waals surface area contributed by atoms with Gasteiger partial charge in [-0.3, -0.25) is 4.98 Å². The molecule has 2 rings (SSSR count). The second-order valence-corrected chi connectivity index (χ2v) is 4.98. The Morgan fingerprint density at radius 3 is 2.60 bits per heavy atom. The lowest BCUT2D eigenvalue weighted by Crippen LogP contribution is -2.34. The summed E-state index contributed by atoms with van der Waals surface area (Å²) in [5.74, 6) is 0.532. The predicted molar refractivity (Wildman–Crippen MR) is 62.7 cm³/mol. The molecule has 1 aliphatic rings. The minimum atomic E-state index is -0.103. The van der Waals surface area contributed by atoms with Crippen LogP contribution in [0.2, 0.25) is 0 Å². The van der Waals surface area contributed by atoms with Gasteiger partial charge in [-0.1, -0.05) is 26.7 Å². The van der Waals surface area contributed by atoms with Crippen molar-refractivity contribution in [3.8, 4) is 0 Å². The second kappa shape index (κ2) is 3.93. The SMILES string of the molecule is CC(C)c1ccncc1C1(N)CCCC1. The molecule has 0 spiro atoms. The molecule has 0 saturated heterocycles. The average molecular weight is 204 g/mol. The molecule has 1 saturated carbocycles. The Bertz CT molecular complexity index is 338. The molecule has 82 valence electrons. The Balaban J connectivity index is 2.42. The molecule has 1 heterocycles. The van der Waals surface area contributed by atoms with Crippen LogP contribution in [0, 0.1) is 0 Å². The quantitative estimate of drug-likeness (QED) is 0.804. The fourth-order valence-electron chi connectivity index (χ4n) is 2.60. The first-order chi connectivity index (χ1) is 7.13. The first kappa shape index (κ1) is 10.6. The summed E-state index contributed by atoms with van der Waals surface area (Å²) in [7, 11) is 0. The van der Waals surface area contributed by atoms with Gasteiger partial charge < -0.3 is 5.73 Å². The highest BCUT2D eigenvalue weighted by molar-refractivity contribution is 5.33. The average Bonchev–Trinajstić information content (AvgIpc) is 2.66. The Kier molecular flexibility index (Phi) is 2.79. The molecule has 1 aromatic rings. The smallest absolute Gasteiger partial charge is 0.0427 e. The van der Waals surface area contributed by atoms with E-state index in [0.717, 1.165) is 12.8 Å². The summed E-state index contributed by atoms with van der Waals surface area (Å²) in [4.78, 5) is 4.24. The van der Waals surface area contributed by atoms with Crippen molar-refractivity contribution >= 4 is 0 Å². The predicted octanol–water partition coefficient (Wildman–Crippen LogP) is 2.93. The summed E-state index contributed by atoms with van der Waals surface area (Å²) in [6.07, 6.45) is 8.57. The van der Waals surface area contributed by atoms with Crippen LogP contribution in [0.15, 0.2) is 18.5 Å². The van der Waals surface area contributed by atoms with Gasteiger partial charge in [-0.05, 0) is 36.0 Å². The van der Waals surface area contributed by atoms with E-state index >= 15 is 0 Å². The van der Waals surface area contributed by atoms with E-state index in [-0.39, 0.29) is 5.54 Å². The highest BCUT2D eigenvalue weighted by Crippen LogP contribution is 2.39. The van der Waals surface area contributed by atoms with E-state index in [1.807, 2.05) is 12.4 Å². The molecule has 0 radical (unpaired) electrons. The van der Waals surface area contributed by atoms with Crippen molar-refractivity contribution in [2.45, 2.75) is 51.0 Å². The third kappa shape index (κ3) is 1.91. The molecule has 2 N–H and O–H groups in total. The van der Waals surface area contributed by atoms with Crippen LogP contribution in [-0.2, 0) is 5.54 Å². The lowest BCUT2D eigenvalue weighted by atomic mass is 9.84. The van der Waals surface area contributed by atoms with E-state index in [4.69, 9.17) is 5.73 Å². The third-order valence-electron chi connectivity index (χ3n) is 3.51. The summed E-state index contributed by atoms with van der Waals surface area (Å²) in [6, 6.07) is 2.12. The van der Waals surface area contributed by atoms with E-state index in [9.17, 15) is 0 Å². The van der Waals surface area contributed by atoms with E-state index in [2.05, 4.69) is 24.9 Å². The zero-order valence-corrected chi connectivity index (χ0v) is 9.66. The van der Waals surface area contributed by atoms with Gasteiger partial charge >= 0.3 is 0 Å². The molecule has 1 fully saturated rings. The molecular formula is C13H20N2. The van der Waals surface area contributed by atoms with E-state index < -0.39 is 0 Å². The third-order valence-corrected chi connectivity index (χ3v) is 3.51. The van der Waals surface area contributed by atoms with Gasteiger partial charge in [-0.25, -0.2) is 0 Å². The van der Waals surface area contributed by atoms with Gasteiger partial charge in [0, 0.05) is 17.9 Å². The van der Waals surface area contributed by atoms with Gasteiger partial charge in [0.25, 0.3) is 0 Å². The van der Waals surface area contributed by atoms with Gasteiger partial charge in [-0.15, -0.1) is 0 Å². The van der Waals surface area contributed by atoms with Crippen LogP contribution < -0.4 is 5.73 Å². The number of nitrogens with zero attached hydrogens (tertiary/aromatic N) is 1. The van der Waals surface area contributed by atoms with E-state index in [1.54, 1.807) is 0 Å². The summed E-state index contributed by atoms with van der Waals surface area (Å²) in [6.45, 7) is 4.44. The molecule has 0 bridgehead atoms. The first-order valence-corrected chi connectivity index (χ1v) is 5.87. The van der Waals surface area contributed by atoms with Gasteiger partial charge in [0.2, 0.25) is 0 Å². The number of rotatable bonds is 2. The summed E-state index contributed by atoms with van der Waals surface area (Å²) in [5.41, 5.74) is 9.02. The first-order valence-electron chi connectivity index (χ1n) is 5.87. The fourth-order valence-corrected chi connectivity index (χ4v) is 2.60. The van der Waals surface area contributed by atoms with Crippen LogP contribution in [0.3, 0.4) is 0 Å². The molecular weight excluding hydrogens is 184 g/mol. The summed E-state index contributed by atoms with van der Waals surface area (Å²) in [5, 5.41) is 0. The Hall–Kier alpha value is -0.890. The highest BCUT2D eigenvalue weighted by Gasteiger charge is 2.33. The Labute approximate surface area is 91.9 Å². The van der Waals surface area contributed by atoms with E-state index in [1.165, 1.54) is 24.0 Å². The van der Waals surface area contributed by atoms with Crippen molar-refractivity contribution in [2.75, 3.05) is 0 Å².